The first-order valence-corrected chi connectivity index (χ1v) is 47.9. The van der Waals surface area contributed by atoms with E-state index in [4.69, 9.17) is 59.3 Å². The van der Waals surface area contributed by atoms with Crippen LogP contribution in [0.15, 0.2) is 203 Å². The van der Waals surface area contributed by atoms with E-state index in [0.717, 1.165) is 5.56 Å². The molecule has 0 fully saturated rings. The topological polar surface area (TPSA) is 673 Å². The Kier molecular flexibility index (Phi) is 51.8. The molecular weight excluding hydrogens is 1920 g/mol. The number of aliphatic hydroxyl groups is 1. The number of nitrogens with one attached hydrogen (secondary N) is 6. The average molecular weight is 2040 g/mol. The van der Waals surface area contributed by atoms with Crippen LogP contribution in [-0.2, 0) is 126 Å². The Balaban J connectivity index is 0.000000236. The number of aliphatic carboxylic acids is 1. The number of carboxylic acid groups (broad SMARTS) is 1. The van der Waals surface area contributed by atoms with Gasteiger partial charge in [0.25, 0.3) is 11.8 Å². The van der Waals surface area contributed by atoms with Crippen molar-refractivity contribution in [1.82, 2.24) is 41.9 Å². The van der Waals surface area contributed by atoms with Crippen molar-refractivity contribution < 1.29 is 151 Å². The summed E-state index contributed by atoms with van der Waals surface area (Å²) in [6.45, 7) is 7.78. The lowest BCUT2D eigenvalue weighted by molar-refractivity contribution is -0.142. The van der Waals surface area contributed by atoms with E-state index in [1.54, 1.807) is 169 Å². The Bertz CT molecular complexity index is 5280. The van der Waals surface area contributed by atoms with Gasteiger partial charge >= 0.3 is 48.7 Å². The summed E-state index contributed by atoms with van der Waals surface area (Å²) >= 11 is 2.54. The first kappa shape index (κ1) is 119. The van der Waals surface area contributed by atoms with Crippen molar-refractivity contribution in [2.45, 2.75) is 217 Å². The summed E-state index contributed by atoms with van der Waals surface area (Å²) < 4.78 is 32.4. The monoisotopic (exact) mass is 2040 g/mol. The largest absolute Gasteiger partial charge is 0.508 e. The SMILES string of the molecule is CC(=O)C[C@H]1C=CC[C@H](NC(=O)/C(=N\OCC(=O)O)c2cccs2)B(O)O1.CC(=O)C[C@H]1C=CC[C@H](NC(=O)/C(=N\OCCO)c2cccs2)B(O)O1.CC(=O)C[C@H]1C=CC[C@H](NC(=O)Cc2cccc(N)n2)B(O)O1.CC(=O)C[C@H]1C=CC[C@H](NC(=O)Cc2cccc(O)c2)B(O)O1.CC(=O)C[C@H]1C=CC[C@H](NC(=O)Cc2ccccc2O)B(O)O1.CC(=O)C[C@H]1C=CC[C@H](NC(=O)Cc2ccnc(N)c2)B(O)O1. The number of hydrogen-bond acceptors (Lipinski definition) is 38. The lowest BCUT2D eigenvalue weighted by Gasteiger charge is -2.20. The van der Waals surface area contributed by atoms with Crippen molar-refractivity contribution in [1.29, 1.82) is 0 Å². The van der Waals surface area contributed by atoms with Gasteiger partial charge in [0.2, 0.25) is 30.2 Å². The number of ketones is 6. The minimum Gasteiger partial charge on any atom is -0.508 e. The zero-order chi connectivity index (χ0) is 106. The number of aromatic nitrogens is 2. The summed E-state index contributed by atoms with van der Waals surface area (Å²) in [5.41, 5.74) is 13.6. The molecule has 6 aromatic rings. The van der Waals surface area contributed by atoms with E-state index in [9.17, 15) is 103 Å². The number of carboxylic acids is 1. The molecule has 6 aliphatic rings. The third-order valence-corrected chi connectivity index (χ3v) is 22.7. The quantitative estimate of drug-likeness (QED) is 0.00882. The number of nitrogens with two attached hydrogens (primary N) is 2. The minimum absolute atomic E-state index is 0.0104. The zero-order valence-corrected chi connectivity index (χ0v) is 82.2. The van der Waals surface area contributed by atoms with Crippen LogP contribution < -0.4 is 43.4 Å². The Hall–Kier alpha value is -13.1. The van der Waals surface area contributed by atoms with Crippen molar-refractivity contribution in [2.75, 3.05) is 31.3 Å². The highest BCUT2D eigenvalue weighted by atomic mass is 32.1. The number of phenols is 2. The number of thiophene rings is 2. The first-order chi connectivity index (χ1) is 69.1. The number of nitrogen functional groups attached to an aromatic ring is 2. The number of rotatable bonds is 36. The van der Waals surface area contributed by atoms with Crippen LogP contribution in [0.3, 0.4) is 0 Å². The molecule has 12 rings (SSSR count). The van der Waals surface area contributed by atoms with E-state index >= 15 is 0 Å². The molecule has 0 saturated carbocycles. The summed E-state index contributed by atoms with van der Waals surface area (Å²) in [5, 5.41) is 124. The Morgan fingerprint density at radius 3 is 1.08 bits per heavy atom. The van der Waals surface area contributed by atoms with E-state index in [1.165, 1.54) is 88.6 Å². The molecule has 12 atom stereocenters. The van der Waals surface area contributed by atoms with Gasteiger partial charge in [0.05, 0.1) is 120 Å². The van der Waals surface area contributed by atoms with Crippen LogP contribution in [0.25, 0.3) is 0 Å². The number of oxime groups is 2. The fourth-order valence-electron chi connectivity index (χ4n) is 14.3. The third-order valence-electron chi connectivity index (χ3n) is 21.0. The number of benzene rings is 2. The number of anilines is 2. The van der Waals surface area contributed by atoms with Crippen LogP contribution in [0.5, 0.6) is 11.5 Å². The predicted octanol–water partition coefficient (Wildman–Crippen LogP) is 2.27. The molecule has 0 unspecified atom stereocenters. The van der Waals surface area contributed by atoms with Gasteiger partial charge in [-0.15, -0.1) is 22.7 Å². The van der Waals surface area contributed by atoms with Crippen molar-refractivity contribution in [2.24, 2.45) is 10.3 Å². The molecule has 4 aromatic heterocycles. The van der Waals surface area contributed by atoms with Crippen LogP contribution in [0.1, 0.15) is 151 Å². The van der Waals surface area contributed by atoms with E-state index in [-0.39, 0.29) is 165 Å². The Labute approximate surface area is 847 Å². The molecule has 10 heterocycles. The molecule has 145 heavy (non-hydrogen) atoms. The lowest BCUT2D eigenvalue weighted by atomic mass is 9.77. The highest BCUT2D eigenvalue weighted by molar-refractivity contribution is 7.13. The fraction of sp³-hybridized carbons (Fsp3) is 0.394. The molecule has 43 nitrogen and oxygen atoms in total. The molecule has 51 heteroatoms. The second kappa shape index (κ2) is 63.2. The van der Waals surface area contributed by atoms with E-state index in [1.807, 2.05) is 0 Å². The number of hydrogen-bond donors (Lipinski definition) is 18. The maximum Gasteiger partial charge on any atom is 0.478 e. The second-order valence-corrected chi connectivity index (χ2v) is 35.8. The number of carbonyl (C=O) groups excluding carboxylic acids is 12. The molecule has 6 amide bonds. The molecule has 772 valence electrons. The smallest absolute Gasteiger partial charge is 0.478 e. The summed E-state index contributed by atoms with van der Waals surface area (Å²) in [5.74, 6) is -6.69. The molecule has 0 spiro atoms. The van der Waals surface area contributed by atoms with E-state index in [2.05, 4.69) is 52.2 Å². The number of aromatic hydroxyl groups is 2. The van der Waals surface area contributed by atoms with Gasteiger partial charge in [-0.1, -0.05) is 132 Å². The molecule has 6 aliphatic heterocycles. The van der Waals surface area contributed by atoms with Crippen LogP contribution in [-0.4, -0.2) is 283 Å². The van der Waals surface area contributed by atoms with Crippen LogP contribution in [0.4, 0.5) is 11.6 Å². The number of carbonyl (C=O) groups is 13. The summed E-state index contributed by atoms with van der Waals surface area (Å²) in [7, 11) is -7.29. The number of aliphatic hydroxyl groups excluding tert-OH is 1. The molecular formula is C94H120B6N12O31S2. The van der Waals surface area contributed by atoms with Crippen molar-refractivity contribution in [3.8, 4) is 11.5 Å². The van der Waals surface area contributed by atoms with Gasteiger partial charge in [-0.25, -0.2) is 14.8 Å². The summed E-state index contributed by atoms with van der Waals surface area (Å²) in [4.78, 5) is 170. The van der Waals surface area contributed by atoms with Gasteiger partial charge in [-0.2, -0.15) is 0 Å². The minimum atomic E-state index is -1.32. The van der Waals surface area contributed by atoms with Gasteiger partial charge < -0.3 is 132 Å². The van der Waals surface area contributed by atoms with Gasteiger partial charge in [0.1, 0.15) is 64.4 Å². The maximum absolute atomic E-state index is 12.6. The van der Waals surface area contributed by atoms with E-state index in [0.29, 0.717) is 70.3 Å². The van der Waals surface area contributed by atoms with Gasteiger partial charge in [0.15, 0.2) is 11.4 Å². The van der Waals surface area contributed by atoms with Crippen LogP contribution in [0.2, 0.25) is 0 Å². The molecule has 0 radical (unpaired) electrons. The fourth-order valence-corrected chi connectivity index (χ4v) is 15.7. The number of para-hydroxylation sites is 1. The third kappa shape index (κ3) is 46.2. The first-order valence-electron chi connectivity index (χ1n) is 46.2. The maximum atomic E-state index is 12.6. The number of Topliss-reactive ketones (excluding diaryl/α,β-unsaturated/α-hetero) is 6. The number of nitrogens with zero attached hydrogens (tertiary/aromatic N) is 4. The molecule has 20 N–H and O–H groups in total. The van der Waals surface area contributed by atoms with Crippen LogP contribution >= 0.6 is 22.7 Å². The number of pyridine rings is 2. The van der Waals surface area contributed by atoms with E-state index < -0.39 is 139 Å². The Morgan fingerprint density at radius 2 is 0.752 bits per heavy atom. The lowest BCUT2D eigenvalue weighted by Crippen LogP contribution is -2.50. The summed E-state index contributed by atoms with van der Waals surface area (Å²) in [6.07, 6.45) is 23.2. The van der Waals surface area contributed by atoms with Gasteiger partial charge in [-0.3, -0.25) is 57.5 Å². The normalized spacial score (nSPS) is 20.7. The summed E-state index contributed by atoms with van der Waals surface area (Å²) in [6, 6.07) is 28.3. The Morgan fingerprint density at radius 1 is 0.407 bits per heavy atom. The molecule has 2 aromatic carbocycles. The van der Waals surface area contributed by atoms with Crippen molar-refractivity contribution in [3.05, 3.63) is 225 Å². The number of amides is 6. The predicted molar refractivity (Wildman–Crippen MR) is 540 cm³/mol. The second-order valence-electron chi connectivity index (χ2n) is 33.9. The van der Waals surface area contributed by atoms with Crippen molar-refractivity contribution in [3.63, 3.8) is 0 Å². The highest BCUT2D eigenvalue weighted by Gasteiger charge is 2.40. The van der Waals surface area contributed by atoms with Gasteiger partial charge in [-0.05, 0) is 157 Å². The molecule has 0 aliphatic carbocycles. The van der Waals surface area contributed by atoms with Gasteiger partial charge in [0, 0.05) is 50.3 Å². The number of phenolic OH excluding ortho intramolecular Hbond substituents is 2. The van der Waals surface area contributed by atoms with Crippen molar-refractivity contribution >= 4 is 165 Å². The molecule has 0 bridgehead atoms. The molecule has 0 saturated heterocycles. The zero-order valence-electron chi connectivity index (χ0n) is 80.6. The van der Waals surface area contributed by atoms with Crippen LogP contribution in [0, 0.1) is 0 Å². The standard InChI is InChI=1S/C16H19BN2O7S.C16H21BN2O6S.2C16H20BNO5.2C15H20BN3O4/c1-10(20)8-11-4-2-6-13(17(24)26-11)18-16(23)15(12-5-3-7-27-12)19-25-9-14(21)22;1-11(21)10-12-4-2-6-14(17(23)25-12)18-16(22)15(19-24-8-7-20)13-5-3-9-26-13;1-11(19)8-14-6-3-7-15(17(22)23-14)18-16(21)10-12-4-2-5-13(20)9-12;1-11(19)9-13-6-4-8-15(17(22)23-13)18-16(21)10-12-5-2-3-7-14(12)20;1-10(20)8-12-5-3-6-13(16(22)23-12)19-15(21)9-11-4-2-7-14(17)18-11;1-10(20)7-12-3-2-4-13(16(22)23-12)19-15(21)9-11-5-6-18-14(17)8-11/h2-5,7,11,13,24H,6,8-9H2,1H3,(H,18,23)(H,21,22);2-5,9,12,14,20,23H,6-8,10H2,1H3,(H,18,22);2-6,9,14-15,20,22H,7-8,10H2,1H3,(H,18,21);2-7,13,15,20,22H,8-10H2,1H3,(H,18,21);2-5,7,12-13,22H,6,8-9H2,1H3,(H2,17,18)(H,19,21);2-3,5-6,8,12-13,22H,4,7,9H2,1H3,(H2,17,18)(H,19,21)/b2*19-15-;;;;/t11-,13+;12-,14+;14-,15+;13-,15+;2*12-,13+/m111111/s1. The average Bonchev–Trinajstić information content (AvgIpc) is 1.74. The highest BCUT2D eigenvalue weighted by Crippen LogP contribution is 2.24.